The van der Waals surface area contributed by atoms with Crippen LogP contribution in [0.3, 0.4) is 0 Å². The van der Waals surface area contributed by atoms with E-state index in [0.29, 0.717) is 17.7 Å². The molecule has 142 valence electrons. The summed E-state index contributed by atoms with van der Waals surface area (Å²) in [4.78, 5) is 22.4. The Bertz CT molecular complexity index is 970. The highest BCUT2D eigenvalue weighted by Gasteiger charge is 2.36. The largest absolute Gasteiger partial charge is 0.550 e. The number of anilines is 1. The molecule has 1 amide bonds. The van der Waals surface area contributed by atoms with Gasteiger partial charge in [-0.3, -0.25) is 4.79 Å². The van der Waals surface area contributed by atoms with Crippen molar-refractivity contribution in [2.45, 2.75) is 30.7 Å². The van der Waals surface area contributed by atoms with Gasteiger partial charge in [-0.15, -0.1) is 0 Å². The Morgan fingerprint density at radius 1 is 1.15 bits per heavy atom. The molecule has 0 saturated carbocycles. The Morgan fingerprint density at radius 3 is 2.44 bits per heavy atom. The van der Waals surface area contributed by atoms with Gasteiger partial charge in [0.25, 0.3) is 0 Å². The zero-order valence-corrected chi connectivity index (χ0v) is 15.5. The number of carbonyl (C=O) groups excluding carboxylic acids is 2. The first-order valence-corrected chi connectivity index (χ1v) is 9.90. The van der Waals surface area contributed by atoms with Crippen LogP contribution in [0.4, 0.5) is 5.69 Å². The monoisotopic (exact) mass is 387 g/mol. The van der Waals surface area contributed by atoms with Gasteiger partial charge >= 0.3 is 0 Å². The van der Waals surface area contributed by atoms with Gasteiger partial charge in [0.05, 0.1) is 10.9 Å². The van der Waals surface area contributed by atoms with E-state index in [1.165, 1.54) is 35.5 Å². The lowest BCUT2D eigenvalue weighted by Crippen LogP contribution is -2.42. The summed E-state index contributed by atoms with van der Waals surface area (Å²) >= 11 is 0. The van der Waals surface area contributed by atoms with Crippen LogP contribution in [0.5, 0.6) is 0 Å². The normalized spacial score (nSPS) is 17.1. The van der Waals surface area contributed by atoms with Crippen molar-refractivity contribution in [1.82, 2.24) is 4.31 Å². The third kappa shape index (κ3) is 4.01. The predicted octanol–water partition coefficient (Wildman–Crippen LogP) is 1.07. The van der Waals surface area contributed by atoms with E-state index >= 15 is 0 Å². The lowest BCUT2D eigenvalue weighted by Gasteiger charge is -2.36. The van der Waals surface area contributed by atoms with E-state index in [0.717, 1.165) is 5.56 Å². The molecule has 0 aliphatic carbocycles. The maximum atomic E-state index is 13.1. The molecule has 0 bridgehead atoms. The Hall–Kier alpha value is -2.71. The predicted molar refractivity (Wildman–Crippen MR) is 97.1 cm³/mol. The molecular formula is C19H19N2O5S-. The summed E-state index contributed by atoms with van der Waals surface area (Å²) in [6, 6.07) is 12.2. The molecule has 1 atom stereocenters. The molecule has 1 heterocycles. The van der Waals surface area contributed by atoms with Gasteiger partial charge in [-0.1, -0.05) is 24.3 Å². The Morgan fingerprint density at radius 2 is 1.81 bits per heavy atom. The van der Waals surface area contributed by atoms with E-state index < -0.39 is 28.5 Å². The highest BCUT2D eigenvalue weighted by atomic mass is 32.2. The molecule has 27 heavy (non-hydrogen) atoms. The third-order valence-corrected chi connectivity index (χ3v) is 6.43. The average molecular weight is 387 g/mol. The molecule has 0 radical (unpaired) electrons. The van der Waals surface area contributed by atoms with E-state index in [9.17, 15) is 23.1 Å². The quantitative estimate of drug-likeness (QED) is 0.826. The van der Waals surface area contributed by atoms with Crippen molar-refractivity contribution in [2.24, 2.45) is 0 Å². The summed E-state index contributed by atoms with van der Waals surface area (Å²) in [5.41, 5.74) is 2.11. The molecule has 0 fully saturated rings. The van der Waals surface area contributed by atoms with Crippen LogP contribution in [0.15, 0.2) is 53.4 Å². The molecule has 2 aromatic carbocycles. The highest BCUT2D eigenvalue weighted by Crippen LogP contribution is 2.36. The van der Waals surface area contributed by atoms with Crippen LogP contribution >= 0.6 is 0 Å². The molecule has 0 aromatic heterocycles. The molecular weight excluding hydrogens is 368 g/mol. The zero-order valence-electron chi connectivity index (χ0n) is 14.7. The topological polar surface area (TPSA) is 107 Å². The summed E-state index contributed by atoms with van der Waals surface area (Å²) < 4.78 is 27.5. The molecule has 1 aliphatic rings. The fraction of sp³-hybridized carbons (Fsp3) is 0.263. The van der Waals surface area contributed by atoms with Crippen molar-refractivity contribution in [2.75, 3.05) is 11.9 Å². The van der Waals surface area contributed by atoms with Crippen molar-refractivity contribution in [1.29, 1.82) is 0 Å². The van der Waals surface area contributed by atoms with Gasteiger partial charge in [0.1, 0.15) is 0 Å². The molecule has 2 aromatic rings. The first-order chi connectivity index (χ1) is 12.8. The summed E-state index contributed by atoms with van der Waals surface area (Å²) in [6.07, 6.45) is 0.0865. The van der Waals surface area contributed by atoms with Gasteiger partial charge in [0, 0.05) is 31.5 Å². The van der Waals surface area contributed by atoms with Gasteiger partial charge < -0.3 is 15.2 Å². The summed E-state index contributed by atoms with van der Waals surface area (Å²) in [6.45, 7) is 1.55. The van der Waals surface area contributed by atoms with Gasteiger partial charge in [-0.25, -0.2) is 8.42 Å². The van der Waals surface area contributed by atoms with Gasteiger partial charge in [0.15, 0.2) is 0 Å². The zero-order chi connectivity index (χ0) is 19.6. The van der Waals surface area contributed by atoms with Gasteiger partial charge in [0.2, 0.25) is 15.9 Å². The maximum Gasteiger partial charge on any atom is 0.243 e. The molecule has 0 unspecified atom stereocenters. The molecule has 3 rings (SSSR count). The number of benzene rings is 2. The first-order valence-electron chi connectivity index (χ1n) is 8.46. The Labute approximate surface area is 157 Å². The van der Waals surface area contributed by atoms with Crippen molar-refractivity contribution >= 4 is 27.6 Å². The van der Waals surface area contributed by atoms with E-state index in [1.54, 1.807) is 12.1 Å². The van der Waals surface area contributed by atoms with Gasteiger partial charge in [-0.05, 0) is 41.8 Å². The minimum atomic E-state index is -3.92. The fourth-order valence-corrected chi connectivity index (χ4v) is 4.94. The second-order valence-electron chi connectivity index (χ2n) is 6.36. The SMILES string of the molecule is CC(=O)Nc1ccc(S(=O)(=O)N2CCc3ccccc3[C@@H]2CC(=O)[O-])cc1. The number of fused-ring (bicyclic) bond motifs is 1. The van der Waals surface area contributed by atoms with E-state index in [-0.39, 0.29) is 17.3 Å². The van der Waals surface area contributed by atoms with Crippen LogP contribution in [0, 0.1) is 0 Å². The number of nitrogens with one attached hydrogen (secondary N) is 1. The van der Waals surface area contributed by atoms with Crippen LogP contribution in [0.25, 0.3) is 0 Å². The fourth-order valence-electron chi connectivity index (χ4n) is 3.33. The number of amides is 1. The smallest absolute Gasteiger partial charge is 0.243 e. The van der Waals surface area contributed by atoms with Crippen molar-refractivity contribution in [3.63, 3.8) is 0 Å². The number of carboxylic acids is 1. The second-order valence-corrected chi connectivity index (χ2v) is 8.25. The number of hydrogen-bond acceptors (Lipinski definition) is 5. The Balaban J connectivity index is 1.97. The molecule has 1 aliphatic heterocycles. The minimum absolute atomic E-state index is 0.0410. The standard InChI is InChI=1S/C19H20N2O5S/c1-13(22)20-15-6-8-16(9-7-15)27(25,26)21-11-10-14-4-2-3-5-17(14)18(21)12-19(23)24/h2-9,18H,10-12H2,1H3,(H,20,22)(H,23,24)/p-1/t18-/m0/s1. The van der Waals surface area contributed by atoms with E-state index in [4.69, 9.17) is 0 Å². The highest BCUT2D eigenvalue weighted by molar-refractivity contribution is 7.89. The lowest BCUT2D eigenvalue weighted by molar-refractivity contribution is -0.306. The summed E-state index contributed by atoms with van der Waals surface area (Å²) in [5.74, 6) is -1.56. The summed E-state index contributed by atoms with van der Waals surface area (Å²) in [7, 11) is -3.92. The number of hydrogen-bond donors (Lipinski definition) is 1. The first kappa shape index (κ1) is 19.1. The van der Waals surface area contributed by atoms with Crippen LogP contribution < -0.4 is 10.4 Å². The molecule has 8 heteroatoms. The molecule has 7 nitrogen and oxygen atoms in total. The molecule has 0 saturated heterocycles. The van der Waals surface area contributed by atoms with Crippen molar-refractivity contribution in [3.05, 3.63) is 59.7 Å². The number of sulfonamides is 1. The number of rotatable bonds is 5. The van der Waals surface area contributed by atoms with Gasteiger partial charge in [-0.2, -0.15) is 4.31 Å². The number of carbonyl (C=O) groups is 2. The second kappa shape index (κ2) is 7.50. The number of nitrogens with zero attached hydrogens (tertiary/aromatic N) is 1. The van der Waals surface area contributed by atoms with Crippen LogP contribution in [-0.2, 0) is 26.0 Å². The van der Waals surface area contributed by atoms with Crippen molar-refractivity contribution in [3.8, 4) is 0 Å². The van der Waals surface area contributed by atoms with Crippen LogP contribution in [-0.4, -0.2) is 31.1 Å². The molecule has 0 spiro atoms. The Kier molecular flexibility index (Phi) is 5.29. The van der Waals surface area contributed by atoms with E-state index in [1.807, 2.05) is 12.1 Å². The lowest BCUT2D eigenvalue weighted by atomic mass is 9.92. The third-order valence-electron chi connectivity index (χ3n) is 4.50. The minimum Gasteiger partial charge on any atom is -0.550 e. The van der Waals surface area contributed by atoms with E-state index in [2.05, 4.69) is 5.32 Å². The number of carboxylic acid groups (broad SMARTS) is 1. The maximum absolute atomic E-state index is 13.1. The van der Waals surface area contributed by atoms with Crippen LogP contribution in [0.2, 0.25) is 0 Å². The average Bonchev–Trinajstić information content (AvgIpc) is 2.61. The summed E-state index contributed by atoms with van der Waals surface area (Å²) in [5, 5.41) is 13.8. The molecule has 1 N–H and O–H groups in total. The number of aliphatic carboxylic acids is 1. The van der Waals surface area contributed by atoms with Crippen molar-refractivity contribution < 1.29 is 23.1 Å². The van der Waals surface area contributed by atoms with Crippen LogP contribution in [0.1, 0.15) is 30.5 Å².